The molecule has 0 aromatic rings. The van der Waals surface area contributed by atoms with E-state index in [0.717, 1.165) is 11.9 Å². The third-order valence-electron chi connectivity index (χ3n) is 1.11. The van der Waals surface area contributed by atoms with Crippen molar-refractivity contribution in [3.8, 4) is 0 Å². The van der Waals surface area contributed by atoms with Crippen LogP contribution in [0, 0.1) is 0 Å². The largest absolute Gasteiger partial charge is 0.369 e. The average molecular weight is 145 g/mol. The van der Waals surface area contributed by atoms with Gasteiger partial charge in [-0.1, -0.05) is 0 Å². The number of nitrogens with two attached hydrogens (primary N) is 1. The van der Waals surface area contributed by atoms with E-state index in [1.807, 2.05) is 6.92 Å². The predicted octanol–water partition coefficient (Wildman–Crippen LogP) is 0.343. The fraction of sp³-hybridized carbons (Fsp3) is 0.750. The minimum atomic E-state index is -0.336. The summed E-state index contributed by atoms with van der Waals surface area (Å²) in [4.78, 5) is 10.5. The lowest BCUT2D eigenvalue weighted by atomic mass is 10.2. The number of hydrogen-bond donors (Lipinski definition) is 1. The SMILES string of the molecule is CC1N=NSC1C(N)=O. The van der Waals surface area contributed by atoms with E-state index < -0.39 is 0 Å². The van der Waals surface area contributed by atoms with Crippen LogP contribution in [0.25, 0.3) is 0 Å². The van der Waals surface area contributed by atoms with Gasteiger partial charge in [-0.3, -0.25) is 4.79 Å². The molecule has 1 aliphatic rings. The van der Waals surface area contributed by atoms with Gasteiger partial charge >= 0.3 is 0 Å². The van der Waals surface area contributed by atoms with Crippen molar-refractivity contribution in [3.05, 3.63) is 0 Å². The first-order valence-electron chi connectivity index (χ1n) is 2.57. The Morgan fingerprint density at radius 2 is 2.44 bits per heavy atom. The van der Waals surface area contributed by atoms with Gasteiger partial charge in [0.1, 0.15) is 5.25 Å². The lowest BCUT2D eigenvalue weighted by Crippen LogP contribution is -2.31. The van der Waals surface area contributed by atoms with E-state index in [1.165, 1.54) is 0 Å². The van der Waals surface area contributed by atoms with Crippen LogP contribution in [0.4, 0.5) is 0 Å². The number of primary amides is 1. The topological polar surface area (TPSA) is 67.8 Å². The first kappa shape index (κ1) is 6.54. The molecule has 0 aliphatic carbocycles. The van der Waals surface area contributed by atoms with Gasteiger partial charge in [-0.15, -0.1) is 4.52 Å². The lowest BCUT2D eigenvalue weighted by molar-refractivity contribution is -0.117. The first-order chi connectivity index (χ1) is 4.22. The molecule has 0 saturated carbocycles. The van der Waals surface area contributed by atoms with Gasteiger partial charge in [0.05, 0.1) is 6.04 Å². The lowest BCUT2D eigenvalue weighted by Gasteiger charge is -2.03. The van der Waals surface area contributed by atoms with Crippen molar-refractivity contribution in [2.24, 2.45) is 15.4 Å². The fourth-order valence-corrected chi connectivity index (χ4v) is 1.23. The smallest absolute Gasteiger partial charge is 0.234 e. The molecule has 2 atom stereocenters. The zero-order chi connectivity index (χ0) is 6.85. The van der Waals surface area contributed by atoms with E-state index in [9.17, 15) is 4.79 Å². The molecule has 0 spiro atoms. The van der Waals surface area contributed by atoms with Gasteiger partial charge < -0.3 is 5.73 Å². The van der Waals surface area contributed by atoms with E-state index in [2.05, 4.69) is 9.63 Å². The van der Waals surface area contributed by atoms with Crippen LogP contribution in [0.1, 0.15) is 6.92 Å². The minimum absolute atomic E-state index is 0.0486. The molecule has 50 valence electrons. The predicted molar refractivity (Wildman–Crippen MR) is 34.9 cm³/mol. The maximum Gasteiger partial charge on any atom is 0.234 e. The van der Waals surface area contributed by atoms with Crippen molar-refractivity contribution in [1.29, 1.82) is 0 Å². The second-order valence-corrected chi connectivity index (χ2v) is 2.75. The quantitative estimate of drug-likeness (QED) is 0.541. The Labute approximate surface area is 57.0 Å². The van der Waals surface area contributed by atoms with Crippen molar-refractivity contribution in [3.63, 3.8) is 0 Å². The fourth-order valence-electron chi connectivity index (χ4n) is 0.591. The van der Waals surface area contributed by atoms with E-state index >= 15 is 0 Å². The maximum absolute atomic E-state index is 10.5. The molecule has 1 rings (SSSR count). The van der Waals surface area contributed by atoms with Crippen LogP contribution in [0.2, 0.25) is 0 Å². The monoisotopic (exact) mass is 145 g/mol. The molecule has 0 saturated heterocycles. The average Bonchev–Trinajstić information content (AvgIpc) is 2.13. The highest BCUT2D eigenvalue weighted by molar-refractivity contribution is 7.99. The Morgan fingerprint density at radius 3 is 2.67 bits per heavy atom. The number of carbonyl (C=O) groups excluding carboxylic acids is 1. The van der Waals surface area contributed by atoms with E-state index in [-0.39, 0.29) is 17.2 Å². The summed E-state index contributed by atoms with van der Waals surface area (Å²) in [5, 5.41) is 3.48. The van der Waals surface area contributed by atoms with Crippen LogP contribution in [0.3, 0.4) is 0 Å². The molecule has 9 heavy (non-hydrogen) atoms. The second kappa shape index (κ2) is 2.34. The number of rotatable bonds is 1. The number of nitrogens with zero attached hydrogens (tertiary/aromatic N) is 2. The van der Waals surface area contributed by atoms with E-state index in [0.29, 0.717) is 0 Å². The van der Waals surface area contributed by atoms with Crippen molar-refractivity contribution in [2.75, 3.05) is 0 Å². The molecule has 5 heteroatoms. The molecule has 4 nitrogen and oxygen atoms in total. The highest BCUT2D eigenvalue weighted by Crippen LogP contribution is 2.25. The zero-order valence-corrected chi connectivity index (χ0v) is 5.76. The Balaban J connectivity index is 2.55. The molecule has 2 unspecified atom stereocenters. The van der Waals surface area contributed by atoms with Crippen molar-refractivity contribution >= 4 is 17.9 Å². The normalized spacial score (nSPS) is 33.0. The minimum Gasteiger partial charge on any atom is -0.369 e. The Kier molecular flexibility index (Phi) is 1.70. The number of hydrogen-bond acceptors (Lipinski definition) is 4. The van der Waals surface area contributed by atoms with Gasteiger partial charge in [-0.2, -0.15) is 5.11 Å². The maximum atomic E-state index is 10.5. The summed E-state index contributed by atoms with van der Waals surface area (Å²) in [6.45, 7) is 1.82. The third-order valence-corrected chi connectivity index (χ3v) is 2.15. The van der Waals surface area contributed by atoms with Crippen LogP contribution >= 0.6 is 11.9 Å². The van der Waals surface area contributed by atoms with Gasteiger partial charge in [0.15, 0.2) is 0 Å². The first-order valence-corrected chi connectivity index (χ1v) is 3.41. The summed E-state index contributed by atoms with van der Waals surface area (Å²) in [6.07, 6.45) is 0. The number of amides is 1. The molecular formula is C4H7N3OS. The second-order valence-electron chi connectivity index (χ2n) is 1.87. The molecule has 1 heterocycles. The summed E-state index contributed by atoms with van der Waals surface area (Å²) >= 11 is 1.14. The van der Waals surface area contributed by atoms with Crippen LogP contribution in [0.5, 0.6) is 0 Å². The van der Waals surface area contributed by atoms with Crippen molar-refractivity contribution in [2.45, 2.75) is 18.2 Å². The summed E-state index contributed by atoms with van der Waals surface area (Å²) in [7, 11) is 0. The Morgan fingerprint density at radius 1 is 1.78 bits per heavy atom. The number of carbonyl (C=O) groups is 1. The van der Waals surface area contributed by atoms with Crippen LogP contribution in [-0.4, -0.2) is 17.2 Å². The van der Waals surface area contributed by atoms with Crippen molar-refractivity contribution < 1.29 is 4.79 Å². The van der Waals surface area contributed by atoms with Crippen LogP contribution < -0.4 is 5.73 Å². The Bertz CT molecular complexity index is 158. The molecule has 1 aliphatic heterocycles. The highest BCUT2D eigenvalue weighted by atomic mass is 32.2. The van der Waals surface area contributed by atoms with Gasteiger partial charge in [-0.25, -0.2) is 0 Å². The summed E-state index contributed by atoms with van der Waals surface area (Å²) < 4.78 is 3.61. The van der Waals surface area contributed by atoms with Crippen molar-refractivity contribution in [1.82, 2.24) is 0 Å². The molecule has 1 amide bonds. The van der Waals surface area contributed by atoms with Gasteiger partial charge in [-0.05, 0) is 6.92 Å². The molecule has 0 fully saturated rings. The summed E-state index contributed by atoms with van der Waals surface area (Å²) in [5.41, 5.74) is 5.01. The molecule has 0 bridgehead atoms. The molecule has 2 N–H and O–H groups in total. The van der Waals surface area contributed by atoms with Gasteiger partial charge in [0, 0.05) is 11.9 Å². The zero-order valence-electron chi connectivity index (χ0n) is 4.94. The molecule has 0 aromatic heterocycles. The molecule has 0 radical (unpaired) electrons. The van der Waals surface area contributed by atoms with Crippen LogP contribution in [-0.2, 0) is 4.79 Å². The standard InChI is InChI=1S/C4H7N3OS/c1-2-3(4(5)8)9-7-6-2/h2-3H,1H3,(H2,5,8). The Hall–Kier alpha value is -0.580. The highest BCUT2D eigenvalue weighted by Gasteiger charge is 2.27. The van der Waals surface area contributed by atoms with Crippen LogP contribution in [0.15, 0.2) is 9.63 Å². The van der Waals surface area contributed by atoms with E-state index in [4.69, 9.17) is 5.73 Å². The van der Waals surface area contributed by atoms with Gasteiger partial charge in [0.2, 0.25) is 5.91 Å². The summed E-state index contributed by atoms with van der Waals surface area (Å²) in [5.74, 6) is -0.336. The van der Waals surface area contributed by atoms with E-state index in [1.54, 1.807) is 0 Å². The summed E-state index contributed by atoms with van der Waals surface area (Å²) in [6, 6.07) is -0.0486. The molecular weight excluding hydrogens is 138 g/mol. The van der Waals surface area contributed by atoms with Gasteiger partial charge in [0.25, 0.3) is 0 Å². The molecule has 0 aromatic carbocycles. The third kappa shape index (κ3) is 1.21.